The van der Waals surface area contributed by atoms with Crippen molar-refractivity contribution < 1.29 is 19.4 Å². The average Bonchev–Trinajstić information content (AvgIpc) is 2.66. The third-order valence-corrected chi connectivity index (χ3v) is 5.02. The Hall–Kier alpha value is -2.64. The molecule has 142 valence electrons. The van der Waals surface area contributed by atoms with E-state index in [1.54, 1.807) is 18.2 Å². The van der Waals surface area contributed by atoms with Crippen LogP contribution >= 0.6 is 11.6 Å². The maximum Gasteiger partial charge on any atom is 0.329 e. The highest BCUT2D eigenvalue weighted by atomic mass is 35.5. The topological polar surface area (TPSA) is 97.6 Å². The van der Waals surface area contributed by atoms with Crippen molar-refractivity contribution in [2.24, 2.45) is 0 Å². The van der Waals surface area contributed by atoms with Gasteiger partial charge >= 0.3 is 5.97 Å². The van der Waals surface area contributed by atoms with Gasteiger partial charge in [0.15, 0.2) is 0 Å². The van der Waals surface area contributed by atoms with Gasteiger partial charge in [-0.25, -0.2) is 4.79 Å². The fourth-order valence-corrected chi connectivity index (χ4v) is 3.20. The summed E-state index contributed by atoms with van der Waals surface area (Å²) in [4.78, 5) is 36.5. The molecule has 7 nitrogen and oxygen atoms in total. The zero-order valence-corrected chi connectivity index (χ0v) is 15.2. The van der Waals surface area contributed by atoms with Gasteiger partial charge in [0.2, 0.25) is 0 Å². The second kappa shape index (κ2) is 7.94. The molecular weight excluding hydrogens is 372 g/mol. The molecule has 2 aromatic rings. The molecule has 0 bridgehead atoms. The van der Waals surface area contributed by atoms with E-state index in [0.29, 0.717) is 5.02 Å². The lowest BCUT2D eigenvalue weighted by molar-refractivity contribution is -0.148. The van der Waals surface area contributed by atoms with Gasteiger partial charge in [-0.15, -0.1) is 0 Å². The van der Waals surface area contributed by atoms with Crippen molar-refractivity contribution in [1.82, 2.24) is 9.88 Å². The number of aliphatic carboxylic acids is 1. The standard InChI is InChI=1S/C19H19ClN2O5/c20-15-4-2-1-3-13(15)11-22-12-14(5-6-16(22)23)17(24)21-19(18(25)26)7-9-27-10-8-19/h1-6,12H,7-11H2,(H,21,24)(H,25,26). The smallest absolute Gasteiger partial charge is 0.329 e. The first-order chi connectivity index (χ1) is 12.9. The Bertz CT molecular complexity index is 918. The molecule has 0 unspecified atom stereocenters. The fraction of sp³-hybridized carbons (Fsp3) is 0.316. The Morgan fingerprint density at radius 1 is 1.19 bits per heavy atom. The van der Waals surface area contributed by atoms with E-state index in [2.05, 4.69) is 5.32 Å². The molecule has 27 heavy (non-hydrogen) atoms. The number of carbonyl (C=O) groups excluding carboxylic acids is 1. The lowest BCUT2D eigenvalue weighted by Gasteiger charge is -2.33. The molecular formula is C19H19ClN2O5. The van der Waals surface area contributed by atoms with Gasteiger partial charge in [-0.05, 0) is 17.7 Å². The summed E-state index contributed by atoms with van der Waals surface area (Å²) in [6.07, 6.45) is 1.79. The first-order valence-electron chi connectivity index (χ1n) is 8.49. The molecule has 8 heteroatoms. The molecule has 1 aromatic heterocycles. The minimum absolute atomic E-state index is 0.188. The van der Waals surface area contributed by atoms with Gasteiger partial charge in [0, 0.05) is 43.3 Å². The number of ether oxygens (including phenoxy) is 1. The number of amides is 1. The van der Waals surface area contributed by atoms with Crippen molar-refractivity contribution in [2.45, 2.75) is 24.9 Å². The van der Waals surface area contributed by atoms with Crippen LogP contribution in [0.1, 0.15) is 28.8 Å². The van der Waals surface area contributed by atoms with Gasteiger partial charge in [0.05, 0.1) is 12.1 Å². The molecule has 2 heterocycles. The average molecular weight is 391 g/mol. The van der Waals surface area contributed by atoms with Crippen molar-refractivity contribution >= 4 is 23.5 Å². The summed E-state index contributed by atoms with van der Waals surface area (Å²) in [6.45, 7) is 0.731. The monoisotopic (exact) mass is 390 g/mol. The summed E-state index contributed by atoms with van der Waals surface area (Å²) < 4.78 is 6.57. The summed E-state index contributed by atoms with van der Waals surface area (Å²) in [6, 6.07) is 9.78. The Kier molecular flexibility index (Phi) is 5.62. The predicted octanol–water partition coefficient (Wildman–Crippen LogP) is 1.91. The lowest BCUT2D eigenvalue weighted by Crippen LogP contribution is -2.57. The van der Waals surface area contributed by atoms with Crippen molar-refractivity contribution in [1.29, 1.82) is 0 Å². The highest BCUT2D eigenvalue weighted by Gasteiger charge is 2.41. The molecule has 1 amide bonds. The van der Waals surface area contributed by atoms with Crippen LogP contribution in [0.3, 0.4) is 0 Å². The Morgan fingerprint density at radius 2 is 1.89 bits per heavy atom. The molecule has 0 radical (unpaired) electrons. The van der Waals surface area contributed by atoms with Crippen molar-refractivity contribution in [2.75, 3.05) is 13.2 Å². The fourth-order valence-electron chi connectivity index (χ4n) is 3.00. The molecule has 1 saturated heterocycles. The van der Waals surface area contributed by atoms with E-state index < -0.39 is 17.4 Å². The van der Waals surface area contributed by atoms with Gasteiger partial charge < -0.3 is 19.7 Å². The van der Waals surface area contributed by atoms with E-state index in [9.17, 15) is 19.5 Å². The summed E-state index contributed by atoms with van der Waals surface area (Å²) in [5.74, 6) is -1.64. The Morgan fingerprint density at radius 3 is 2.56 bits per heavy atom. The van der Waals surface area contributed by atoms with Gasteiger partial charge in [0.25, 0.3) is 11.5 Å². The van der Waals surface area contributed by atoms with Crippen LogP contribution in [0, 0.1) is 0 Å². The van der Waals surface area contributed by atoms with Crippen molar-refractivity contribution in [3.05, 3.63) is 69.1 Å². The zero-order chi connectivity index (χ0) is 19.4. The second-order valence-electron chi connectivity index (χ2n) is 6.43. The maximum atomic E-state index is 12.6. The summed E-state index contributed by atoms with van der Waals surface area (Å²) in [5.41, 5.74) is -0.705. The first-order valence-corrected chi connectivity index (χ1v) is 8.87. The van der Waals surface area contributed by atoms with Crippen LogP contribution in [0.15, 0.2) is 47.4 Å². The number of carboxylic acids is 1. The molecule has 1 aromatic carbocycles. The van der Waals surface area contributed by atoms with Crippen LogP contribution in [0.4, 0.5) is 0 Å². The quantitative estimate of drug-likeness (QED) is 0.812. The lowest BCUT2D eigenvalue weighted by atomic mass is 9.90. The molecule has 0 spiro atoms. The highest BCUT2D eigenvalue weighted by Crippen LogP contribution is 2.22. The Balaban J connectivity index is 1.84. The molecule has 1 aliphatic rings. The van der Waals surface area contributed by atoms with E-state index in [0.717, 1.165) is 5.56 Å². The number of aromatic nitrogens is 1. The van der Waals surface area contributed by atoms with Gasteiger partial charge in [-0.1, -0.05) is 29.8 Å². The van der Waals surface area contributed by atoms with E-state index in [1.165, 1.54) is 22.9 Å². The molecule has 0 aliphatic carbocycles. The van der Waals surface area contributed by atoms with Gasteiger partial charge in [-0.2, -0.15) is 0 Å². The largest absolute Gasteiger partial charge is 0.480 e. The number of hydrogen-bond acceptors (Lipinski definition) is 4. The number of hydrogen-bond donors (Lipinski definition) is 2. The number of rotatable bonds is 5. The number of nitrogens with one attached hydrogen (secondary N) is 1. The van der Waals surface area contributed by atoms with E-state index >= 15 is 0 Å². The molecule has 1 fully saturated rings. The number of pyridine rings is 1. The SMILES string of the molecule is O=C(NC1(C(=O)O)CCOCC1)c1ccc(=O)n(Cc2ccccc2Cl)c1. The predicted molar refractivity (Wildman–Crippen MR) is 99.1 cm³/mol. The highest BCUT2D eigenvalue weighted by molar-refractivity contribution is 6.31. The maximum absolute atomic E-state index is 12.6. The first kappa shape index (κ1) is 19.1. The van der Waals surface area contributed by atoms with Crippen LogP contribution in [-0.4, -0.2) is 40.3 Å². The molecule has 3 rings (SSSR count). The minimum Gasteiger partial charge on any atom is -0.480 e. The van der Waals surface area contributed by atoms with Crippen molar-refractivity contribution in [3.63, 3.8) is 0 Å². The van der Waals surface area contributed by atoms with Crippen LogP contribution in [0.25, 0.3) is 0 Å². The number of benzene rings is 1. The molecule has 0 saturated carbocycles. The molecule has 1 aliphatic heterocycles. The molecule has 0 atom stereocenters. The zero-order valence-electron chi connectivity index (χ0n) is 14.5. The normalized spacial score (nSPS) is 15.9. The van der Waals surface area contributed by atoms with E-state index in [4.69, 9.17) is 16.3 Å². The van der Waals surface area contributed by atoms with E-state index in [-0.39, 0.29) is 43.7 Å². The van der Waals surface area contributed by atoms with Crippen molar-refractivity contribution in [3.8, 4) is 0 Å². The van der Waals surface area contributed by atoms with Gasteiger partial charge in [0.1, 0.15) is 5.54 Å². The van der Waals surface area contributed by atoms with Gasteiger partial charge in [-0.3, -0.25) is 9.59 Å². The number of carbonyl (C=O) groups is 2. The number of carboxylic acid groups (broad SMARTS) is 1. The van der Waals surface area contributed by atoms with Crippen LogP contribution in [0.2, 0.25) is 5.02 Å². The number of nitrogens with zero attached hydrogens (tertiary/aromatic N) is 1. The number of halogens is 1. The summed E-state index contributed by atoms with van der Waals surface area (Å²) in [7, 11) is 0. The Labute approximate surface area is 160 Å². The van der Waals surface area contributed by atoms with Crippen LogP contribution < -0.4 is 10.9 Å². The van der Waals surface area contributed by atoms with Crippen LogP contribution in [0.5, 0.6) is 0 Å². The van der Waals surface area contributed by atoms with E-state index in [1.807, 2.05) is 6.07 Å². The van der Waals surface area contributed by atoms with Crippen LogP contribution in [-0.2, 0) is 16.1 Å². The summed E-state index contributed by atoms with van der Waals surface area (Å²) in [5, 5.41) is 12.7. The third-order valence-electron chi connectivity index (χ3n) is 4.65. The third kappa shape index (κ3) is 4.20. The minimum atomic E-state index is -1.36. The molecule has 2 N–H and O–H groups in total. The summed E-state index contributed by atoms with van der Waals surface area (Å²) >= 11 is 6.14. The second-order valence-corrected chi connectivity index (χ2v) is 6.84.